The molecule has 0 atom stereocenters. The molecule has 1 amide bonds. The summed E-state index contributed by atoms with van der Waals surface area (Å²) in [6, 6.07) is 10.9. The molecule has 0 aliphatic carbocycles. The van der Waals surface area contributed by atoms with Crippen molar-refractivity contribution in [3.8, 4) is 11.6 Å². The molecular weight excluding hydrogens is 268 g/mol. The van der Waals surface area contributed by atoms with Gasteiger partial charge in [-0.15, -0.1) is 0 Å². The first-order valence-electron chi connectivity index (χ1n) is 6.73. The molecule has 1 aromatic carbocycles. The second kappa shape index (κ2) is 7.28. The van der Waals surface area contributed by atoms with Crippen LogP contribution in [0.25, 0.3) is 0 Å². The molecule has 0 spiro atoms. The van der Waals surface area contributed by atoms with Gasteiger partial charge in [0, 0.05) is 18.8 Å². The van der Waals surface area contributed by atoms with E-state index in [1.165, 1.54) is 6.20 Å². The third-order valence-electron chi connectivity index (χ3n) is 2.88. The summed E-state index contributed by atoms with van der Waals surface area (Å²) < 4.78 is 10.4. The fourth-order valence-electron chi connectivity index (χ4n) is 1.81. The topological polar surface area (TPSA) is 60.5 Å². The highest BCUT2D eigenvalue weighted by atomic mass is 16.5. The molecule has 5 nitrogen and oxygen atoms in total. The molecule has 1 aromatic heterocycles. The van der Waals surface area contributed by atoms with E-state index in [-0.39, 0.29) is 5.91 Å². The average molecular weight is 286 g/mol. The van der Waals surface area contributed by atoms with Gasteiger partial charge in [0.15, 0.2) is 0 Å². The standard InChI is InChI=1S/C16H18N2O3/c1-3-21-15-8-7-13(11-17-15)16(19)18-10-12-5-4-6-14(9-12)20-2/h4-9,11H,3,10H2,1-2H3,(H,18,19). The van der Waals surface area contributed by atoms with E-state index in [0.717, 1.165) is 11.3 Å². The molecule has 2 aromatic rings. The molecular formula is C16H18N2O3. The second-order valence-corrected chi connectivity index (χ2v) is 4.35. The monoisotopic (exact) mass is 286 g/mol. The molecule has 0 saturated carbocycles. The largest absolute Gasteiger partial charge is 0.497 e. The highest BCUT2D eigenvalue weighted by molar-refractivity contribution is 5.93. The van der Waals surface area contributed by atoms with Crippen LogP contribution in [0.4, 0.5) is 0 Å². The van der Waals surface area contributed by atoms with E-state index in [1.807, 2.05) is 31.2 Å². The van der Waals surface area contributed by atoms with Crippen LogP contribution in [0, 0.1) is 0 Å². The molecule has 1 N–H and O–H groups in total. The first kappa shape index (κ1) is 14.8. The number of amides is 1. The first-order chi connectivity index (χ1) is 10.2. The molecule has 21 heavy (non-hydrogen) atoms. The maximum atomic E-state index is 12.0. The lowest BCUT2D eigenvalue weighted by molar-refractivity contribution is 0.0950. The number of carbonyl (C=O) groups is 1. The Bertz CT molecular complexity index is 597. The molecule has 5 heteroatoms. The molecule has 0 fully saturated rings. The smallest absolute Gasteiger partial charge is 0.253 e. The third-order valence-corrected chi connectivity index (χ3v) is 2.88. The third kappa shape index (κ3) is 4.21. The van der Waals surface area contributed by atoms with Crippen LogP contribution >= 0.6 is 0 Å². The molecule has 1 heterocycles. The van der Waals surface area contributed by atoms with Crippen molar-refractivity contribution in [3.05, 3.63) is 53.7 Å². The van der Waals surface area contributed by atoms with E-state index in [9.17, 15) is 4.79 Å². The fraction of sp³-hybridized carbons (Fsp3) is 0.250. The number of carbonyl (C=O) groups excluding carboxylic acids is 1. The van der Waals surface area contributed by atoms with Crippen molar-refractivity contribution in [1.82, 2.24) is 10.3 Å². The fourth-order valence-corrected chi connectivity index (χ4v) is 1.81. The molecule has 0 aliphatic rings. The van der Waals surface area contributed by atoms with E-state index in [4.69, 9.17) is 9.47 Å². The number of ether oxygens (including phenoxy) is 2. The zero-order chi connectivity index (χ0) is 15.1. The molecule has 0 unspecified atom stereocenters. The van der Waals surface area contributed by atoms with Crippen molar-refractivity contribution in [3.63, 3.8) is 0 Å². The minimum atomic E-state index is -0.173. The summed E-state index contributed by atoms with van der Waals surface area (Å²) in [7, 11) is 1.61. The van der Waals surface area contributed by atoms with Crippen LogP contribution in [-0.2, 0) is 6.54 Å². The molecule has 0 saturated heterocycles. The number of nitrogens with one attached hydrogen (secondary N) is 1. The lowest BCUT2D eigenvalue weighted by Gasteiger charge is -2.07. The number of methoxy groups -OCH3 is 1. The molecule has 0 bridgehead atoms. The Kier molecular flexibility index (Phi) is 5.15. The van der Waals surface area contributed by atoms with Gasteiger partial charge in [-0.2, -0.15) is 0 Å². The summed E-state index contributed by atoms with van der Waals surface area (Å²) in [5.41, 5.74) is 1.47. The Hall–Kier alpha value is -2.56. The minimum Gasteiger partial charge on any atom is -0.497 e. The number of nitrogens with zero attached hydrogens (tertiary/aromatic N) is 1. The average Bonchev–Trinajstić information content (AvgIpc) is 2.54. The Labute approximate surface area is 123 Å². The van der Waals surface area contributed by atoms with Gasteiger partial charge in [-0.1, -0.05) is 12.1 Å². The number of rotatable bonds is 6. The van der Waals surface area contributed by atoms with Crippen LogP contribution in [0.3, 0.4) is 0 Å². The predicted molar refractivity (Wildman–Crippen MR) is 79.6 cm³/mol. The van der Waals surface area contributed by atoms with Crippen LogP contribution in [0.15, 0.2) is 42.6 Å². The van der Waals surface area contributed by atoms with Crippen molar-refractivity contribution >= 4 is 5.91 Å². The summed E-state index contributed by atoms with van der Waals surface area (Å²) in [5, 5.41) is 2.84. The van der Waals surface area contributed by atoms with Gasteiger partial charge < -0.3 is 14.8 Å². The van der Waals surface area contributed by atoms with Crippen LogP contribution in [0.5, 0.6) is 11.6 Å². The van der Waals surface area contributed by atoms with Gasteiger partial charge in [-0.3, -0.25) is 4.79 Å². The summed E-state index contributed by atoms with van der Waals surface area (Å²) in [6.07, 6.45) is 1.51. The molecule has 2 rings (SSSR count). The van der Waals surface area contributed by atoms with Gasteiger partial charge >= 0.3 is 0 Å². The van der Waals surface area contributed by atoms with Gasteiger partial charge in [0.2, 0.25) is 5.88 Å². The Balaban J connectivity index is 1.94. The highest BCUT2D eigenvalue weighted by Gasteiger charge is 2.06. The van der Waals surface area contributed by atoms with E-state index in [2.05, 4.69) is 10.3 Å². The van der Waals surface area contributed by atoms with Gasteiger partial charge in [0.05, 0.1) is 19.3 Å². The number of benzene rings is 1. The van der Waals surface area contributed by atoms with Crippen molar-refractivity contribution in [2.75, 3.05) is 13.7 Å². The predicted octanol–water partition coefficient (Wildman–Crippen LogP) is 2.42. The summed E-state index contributed by atoms with van der Waals surface area (Å²) in [5.74, 6) is 1.11. The lowest BCUT2D eigenvalue weighted by Crippen LogP contribution is -2.22. The van der Waals surface area contributed by atoms with Gasteiger partial charge in [-0.05, 0) is 30.7 Å². The van der Waals surface area contributed by atoms with Gasteiger partial charge in [0.1, 0.15) is 5.75 Å². The normalized spacial score (nSPS) is 10.0. The second-order valence-electron chi connectivity index (χ2n) is 4.35. The van der Waals surface area contributed by atoms with Crippen molar-refractivity contribution in [1.29, 1.82) is 0 Å². The maximum absolute atomic E-state index is 12.0. The number of hydrogen-bond acceptors (Lipinski definition) is 4. The first-order valence-corrected chi connectivity index (χ1v) is 6.73. The molecule has 110 valence electrons. The van der Waals surface area contributed by atoms with Crippen LogP contribution in [0.2, 0.25) is 0 Å². The van der Waals surface area contributed by atoms with E-state index < -0.39 is 0 Å². The lowest BCUT2D eigenvalue weighted by atomic mass is 10.2. The van der Waals surface area contributed by atoms with Crippen LogP contribution < -0.4 is 14.8 Å². The van der Waals surface area contributed by atoms with Crippen molar-refractivity contribution < 1.29 is 14.3 Å². The number of aromatic nitrogens is 1. The van der Waals surface area contributed by atoms with Crippen LogP contribution in [-0.4, -0.2) is 24.6 Å². The quantitative estimate of drug-likeness (QED) is 0.886. The number of hydrogen-bond donors (Lipinski definition) is 1. The van der Waals surface area contributed by atoms with Gasteiger partial charge in [0.25, 0.3) is 5.91 Å². The van der Waals surface area contributed by atoms with E-state index in [0.29, 0.717) is 24.6 Å². The Morgan fingerprint density at radius 2 is 2.14 bits per heavy atom. The SMILES string of the molecule is CCOc1ccc(C(=O)NCc2cccc(OC)c2)cn1. The van der Waals surface area contributed by atoms with Gasteiger partial charge in [-0.25, -0.2) is 4.98 Å². The molecule has 0 radical (unpaired) electrons. The maximum Gasteiger partial charge on any atom is 0.253 e. The number of pyridine rings is 1. The Morgan fingerprint density at radius 1 is 1.29 bits per heavy atom. The highest BCUT2D eigenvalue weighted by Crippen LogP contribution is 2.12. The summed E-state index contributed by atoms with van der Waals surface area (Å²) in [6.45, 7) is 2.87. The summed E-state index contributed by atoms with van der Waals surface area (Å²) >= 11 is 0. The zero-order valence-corrected chi connectivity index (χ0v) is 12.1. The minimum absolute atomic E-state index is 0.173. The molecule has 0 aliphatic heterocycles. The van der Waals surface area contributed by atoms with E-state index in [1.54, 1.807) is 19.2 Å². The van der Waals surface area contributed by atoms with E-state index >= 15 is 0 Å². The van der Waals surface area contributed by atoms with Crippen molar-refractivity contribution in [2.45, 2.75) is 13.5 Å². The summed E-state index contributed by atoms with van der Waals surface area (Å²) in [4.78, 5) is 16.1. The Morgan fingerprint density at radius 3 is 2.81 bits per heavy atom. The zero-order valence-electron chi connectivity index (χ0n) is 12.1. The van der Waals surface area contributed by atoms with Crippen LogP contribution in [0.1, 0.15) is 22.8 Å². The van der Waals surface area contributed by atoms with Crippen molar-refractivity contribution in [2.24, 2.45) is 0 Å².